The van der Waals surface area contributed by atoms with Crippen LogP contribution in [0.3, 0.4) is 0 Å². The van der Waals surface area contributed by atoms with Crippen LogP contribution in [0.4, 0.5) is 13.2 Å². The van der Waals surface area contributed by atoms with E-state index in [4.69, 9.17) is 9.47 Å². The molecule has 2 aromatic carbocycles. The molecule has 0 saturated heterocycles. The predicted octanol–water partition coefficient (Wildman–Crippen LogP) is 4.57. The van der Waals surface area contributed by atoms with E-state index in [1.165, 1.54) is 0 Å². The summed E-state index contributed by atoms with van der Waals surface area (Å²) >= 11 is 0. The topological polar surface area (TPSA) is 54.9 Å². The first kappa shape index (κ1) is 26.0. The summed E-state index contributed by atoms with van der Waals surface area (Å²) in [5, 5.41) is 6.41. The average molecular weight is 537 g/mol. The van der Waals surface area contributed by atoms with Crippen LogP contribution in [-0.2, 0) is 24.4 Å². The van der Waals surface area contributed by atoms with Crippen molar-refractivity contribution in [2.45, 2.75) is 32.8 Å². The van der Waals surface area contributed by atoms with Crippen LogP contribution in [0.5, 0.6) is 5.75 Å². The van der Waals surface area contributed by atoms with E-state index in [1.807, 2.05) is 31.2 Å². The van der Waals surface area contributed by atoms with Crippen LogP contribution >= 0.6 is 24.0 Å². The fourth-order valence-electron chi connectivity index (χ4n) is 2.70. The number of nitrogens with zero attached hydrogens (tertiary/aromatic N) is 1. The van der Waals surface area contributed by atoms with E-state index in [-0.39, 0.29) is 30.6 Å². The molecular formula is C21H27F3IN3O2. The van der Waals surface area contributed by atoms with Crippen molar-refractivity contribution in [2.24, 2.45) is 4.99 Å². The fraction of sp³-hybridized carbons (Fsp3) is 0.381. The highest BCUT2D eigenvalue weighted by Crippen LogP contribution is 2.19. The molecule has 0 aliphatic rings. The summed E-state index contributed by atoms with van der Waals surface area (Å²) < 4.78 is 46.7. The van der Waals surface area contributed by atoms with Crippen molar-refractivity contribution in [1.82, 2.24) is 10.6 Å². The summed E-state index contributed by atoms with van der Waals surface area (Å²) in [4.78, 5) is 4.19. The van der Waals surface area contributed by atoms with Gasteiger partial charge in [-0.15, -0.1) is 24.0 Å². The average Bonchev–Trinajstić information content (AvgIpc) is 2.68. The van der Waals surface area contributed by atoms with Gasteiger partial charge in [0, 0.05) is 25.7 Å². The van der Waals surface area contributed by atoms with E-state index in [0.717, 1.165) is 22.4 Å². The number of methoxy groups -OCH3 is 1. The number of aryl methyl sites for hydroxylation is 1. The van der Waals surface area contributed by atoms with Gasteiger partial charge in [-0.3, -0.25) is 4.99 Å². The number of benzene rings is 2. The molecule has 0 aliphatic carbocycles. The first-order chi connectivity index (χ1) is 13.8. The lowest BCUT2D eigenvalue weighted by Gasteiger charge is -2.15. The number of hydrogen-bond donors (Lipinski definition) is 2. The van der Waals surface area contributed by atoms with Gasteiger partial charge in [0.05, 0.1) is 13.7 Å². The van der Waals surface area contributed by atoms with Crippen LogP contribution in [-0.4, -0.2) is 32.9 Å². The van der Waals surface area contributed by atoms with Crippen molar-refractivity contribution < 1.29 is 22.6 Å². The van der Waals surface area contributed by atoms with Gasteiger partial charge < -0.3 is 20.1 Å². The predicted molar refractivity (Wildman–Crippen MR) is 122 cm³/mol. The summed E-state index contributed by atoms with van der Waals surface area (Å²) in [7, 11) is 3.31. The van der Waals surface area contributed by atoms with Crippen LogP contribution in [0.25, 0.3) is 0 Å². The second kappa shape index (κ2) is 12.6. The molecule has 166 valence electrons. The fourth-order valence-corrected chi connectivity index (χ4v) is 2.70. The maximum atomic E-state index is 12.2. The lowest BCUT2D eigenvalue weighted by molar-refractivity contribution is -0.176. The van der Waals surface area contributed by atoms with Crippen molar-refractivity contribution in [3.63, 3.8) is 0 Å². The molecule has 2 rings (SSSR count). The highest BCUT2D eigenvalue weighted by atomic mass is 127. The Morgan fingerprint density at radius 1 is 1.03 bits per heavy atom. The Labute approximate surface area is 192 Å². The summed E-state index contributed by atoms with van der Waals surface area (Å²) in [6.07, 6.45) is -4.32. The Kier molecular flexibility index (Phi) is 11.0. The van der Waals surface area contributed by atoms with Gasteiger partial charge in [-0.05, 0) is 29.7 Å². The van der Waals surface area contributed by atoms with E-state index in [9.17, 15) is 13.2 Å². The minimum atomic E-state index is -4.32. The number of ether oxygens (including phenoxy) is 2. The van der Waals surface area contributed by atoms with Gasteiger partial charge in [-0.1, -0.05) is 36.4 Å². The van der Waals surface area contributed by atoms with E-state index in [2.05, 4.69) is 15.6 Å². The molecule has 0 heterocycles. The number of aliphatic imine (C=N–C) groups is 1. The van der Waals surface area contributed by atoms with Crippen molar-refractivity contribution in [3.8, 4) is 5.75 Å². The van der Waals surface area contributed by atoms with Crippen LogP contribution in [0.15, 0.2) is 47.5 Å². The molecule has 0 aliphatic heterocycles. The van der Waals surface area contributed by atoms with Gasteiger partial charge in [0.25, 0.3) is 0 Å². The summed E-state index contributed by atoms with van der Waals surface area (Å²) in [5.41, 5.74) is 3.71. The first-order valence-corrected chi connectivity index (χ1v) is 9.11. The summed E-state index contributed by atoms with van der Waals surface area (Å²) in [6.45, 7) is 1.66. The third-order valence-electron chi connectivity index (χ3n) is 4.10. The largest absolute Gasteiger partial charge is 0.496 e. The molecule has 0 amide bonds. The van der Waals surface area contributed by atoms with Crippen molar-refractivity contribution in [2.75, 3.05) is 20.8 Å². The van der Waals surface area contributed by atoms with Crippen molar-refractivity contribution >= 4 is 29.9 Å². The van der Waals surface area contributed by atoms with E-state index in [1.54, 1.807) is 32.4 Å². The number of nitrogens with one attached hydrogen (secondary N) is 2. The highest BCUT2D eigenvalue weighted by Gasteiger charge is 2.27. The lowest BCUT2D eigenvalue weighted by atomic mass is 10.1. The molecule has 5 nitrogen and oxygen atoms in total. The zero-order valence-corrected chi connectivity index (χ0v) is 19.5. The molecule has 0 unspecified atom stereocenters. The number of hydrogen-bond acceptors (Lipinski definition) is 3. The van der Waals surface area contributed by atoms with Crippen molar-refractivity contribution in [3.05, 3.63) is 64.7 Å². The van der Waals surface area contributed by atoms with Crippen LogP contribution < -0.4 is 15.4 Å². The smallest absolute Gasteiger partial charge is 0.411 e. The lowest BCUT2D eigenvalue weighted by Crippen LogP contribution is -2.36. The van der Waals surface area contributed by atoms with Gasteiger partial charge in [0.15, 0.2) is 5.96 Å². The second-order valence-corrected chi connectivity index (χ2v) is 6.52. The van der Waals surface area contributed by atoms with Gasteiger partial charge in [-0.25, -0.2) is 0 Å². The molecular weight excluding hydrogens is 510 g/mol. The molecule has 0 saturated carbocycles. The maximum absolute atomic E-state index is 12.2. The summed E-state index contributed by atoms with van der Waals surface area (Å²) in [5.74, 6) is 1.41. The number of alkyl halides is 3. The third-order valence-corrected chi connectivity index (χ3v) is 4.10. The molecule has 2 aromatic rings. The van der Waals surface area contributed by atoms with Gasteiger partial charge in [-0.2, -0.15) is 13.2 Å². The Morgan fingerprint density at radius 2 is 1.73 bits per heavy atom. The molecule has 0 atom stereocenters. The van der Waals surface area contributed by atoms with E-state index in [0.29, 0.717) is 24.6 Å². The molecule has 30 heavy (non-hydrogen) atoms. The zero-order chi connectivity index (χ0) is 21.3. The van der Waals surface area contributed by atoms with Gasteiger partial charge in [0.2, 0.25) is 0 Å². The van der Waals surface area contributed by atoms with Gasteiger partial charge >= 0.3 is 6.18 Å². The van der Waals surface area contributed by atoms with E-state index >= 15 is 0 Å². The minimum Gasteiger partial charge on any atom is -0.496 e. The Bertz CT molecular complexity index is 829. The Balaban J connectivity index is 0.00000450. The van der Waals surface area contributed by atoms with Gasteiger partial charge in [0.1, 0.15) is 12.4 Å². The van der Waals surface area contributed by atoms with Crippen LogP contribution in [0, 0.1) is 6.92 Å². The molecule has 0 aromatic heterocycles. The normalized spacial score (nSPS) is 11.6. The molecule has 9 heteroatoms. The SMILES string of the molecule is CN=C(NCc1cccc(COCC(F)(F)F)c1)NCc1ccc(C)cc1OC.I. The Hall–Kier alpha value is -2.01. The second-order valence-electron chi connectivity index (χ2n) is 6.52. The molecule has 0 fully saturated rings. The Morgan fingerprint density at radius 3 is 2.40 bits per heavy atom. The van der Waals surface area contributed by atoms with Crippen molar-refractivity contribution in [1.29, 1.82) is 0 Å². The monoisotopic (exact) mass is 537 g/mol. The minimum absolute atomic E-state index is 0. The molecule has 0 bridgehead atoms. The quantitative estimate of drug-likeness (QED) is 0.295. The first-order valence-electron chi connectivity index (χ1n) is 9.11. The number of rotatable bonds is 8. The van der Waals surface area contributed by atoms with Crippen LogP contribution in [0.2, 0.25) is 0 Å². The maximum Gasteiger partial charge on any atom is 0.411 e. The summed E-state index contributed by atoms with van der Waals surface area (Å²) in [6, 6.07) is 13.2. The highest BCUT2D eigenvalue weighted by molar-refractivity contribution is 14.0. The number of guanidine groups is 1. The third kappa shape index (κ3) is 9.21. The molecule has 2 N–H and O–H groups in total. The van der Waals surface area contributed by atoms with E-state index < -0.39 is 12.8 Å². The molecule has 0 radical (unpaired) electrons. The zero-order valence-electron chi connectivity index (χ0n) is 17.2. The molecule has 0 spiro atoms. The standard InChI is InChI=1S/C21H26F3N3O2.HI/c1-15-7-8-18(19(9-15)28-3)12-27-20(25-2)26-11-16-5-4-6-17(10-16)13-29-14-21(22,23)24;/h4-10H,11-14H2,1-3H3,(H2,25,26,27);1H. The number of halogens is 4. The van der Waals surface area contributed by atoms with Crippen LogP contribution in [0.1, 0.15) is 22.3 Å².